The number of H-pyrrole nitrogens is 1. The molecule has 2 rings (SSSR count). The third kappa shape index (κ3) is 2.31. The van der Waals surface area contributed by atoms with Gasteiger partial charge in [-0.2, -0.15) is 0 Å². The fourth-order valence-electron chi connectivity index (χ4n) is 1.48. The van der Waals surface area contributed by atoms with Crippen LogP contribution in [-0.4, -0.2) is 26.6 Å². The van der Waals surface area contributed by atoms with E-state index in [1.165, 1.54) is 6.33 Å². The Morgan fingerprint density at radius 2 is 2.29 bits per heavy atom. The fourth-order valence-corrected chi connectivity index (χ4v) is 1.72. The second-order valence-electron chi connectivity index (χ2n) is 3.68. The molecule has 2 aromatic heterocycles. The first kappa shape index (κ1) is 11.7. The molecular formula is C10H12ClN5O. The number of hydrogen-bond donors (Lipinski definition) is 1. The van der Waals surface area contributed by atoms with Crippen molar-refractivity contribution in [1.82, 2.24) is 19.5 Å². The first-order valence-electron chi connectivity index (χ1n) is 5.00. The Hall–Kier alpha value is -1.82. The van der Waals surface area contributed by atoms with Crippen molar-refractivity contribution in [1.29, 1.82) is 0 Å². The van der Waals surface area contributed by atoms with Crippen molar-refractivity contribution in [2.24, 2.45) is 7.05 Å². The molecule has 0 amide bonds. The summed E-state index contributed by atoms with van der Waals surface area (Å²) in [7, 11) is 3.71. The van der Waals surface area contributed by atoms with Crippen LogP contribution in [0.3, 0.4) is 0 Å². The number of nitrogens with zero attached hydrogens (tertiary/aromatic N) is 4. The van der Waals surface area contributed by atoms with E-state index in [1.54, 1.807) is 11.1 Å². The molecule has 0 saturated heterocycles. The van der Waals surface area contributed by atoms with Crippen molar-refractivity contribution in [3.63, 3.8) is 0 Å². The van der Waals surface area contributed by atoms with Crippen LogP contribution >= 0.6 is 11.6 Å². The zero-order chi connectivity index (χ0) is 12.4. The molecule has 0 fully saturated rings. The normalized spacial score (nSPS) is 10.5. The van der Waals surface area contributed by atoms with Gasteiger partial charge in [0, 0.05) is 26.5 Å². The van der Waals surface area contributed by atoms with Crippen LogP contribution in [0.4, 0.5) is 5.82 Å². The number of nitrogens with one attached hydrogen (secondary N) is 1. The van der Waals surface area contributed by atoms with Crippen LogP contribution in [-0.2, 0) is 13.6 Å². The van der Waals surface area contributed by atoms with Crippen molar-refractivity contribution in [2.75, 3.05) is 11.9 Å². The summed E-state index contributed by atoms with van der Waals surface area (Å²) in [6, 6.07) is 0. The summed E-state index contributed by atoms with van der Waals surface area (Å²) in [5.74, 6) is 1.31. The van der Waals surface area contributed by atoms with Crippen molar-refractivity contribution in [3.8, 4) is 0 Å². The molecule has 1 N–H and O–H groups in total. The largest absolute Gasteiger partial charge is 0.351 e. The van der Waals surface area contributed by atoms with Gasteiger partial charge in [0.2, 0.25) is 0 Å². The number of hydrogen-bond acceptors (Lipinski definition) is 4. The molecule has 0 aliphatic carbocycles. The third-order valence-corrected chi connectivity index (χ3v) is 2.78. The molecule has 7 heteroatoms. The van der Waals surface area contributed by atoms with Crippen LogP contribution in [0.15, 0.2) is 23.5 Å². The average Bonchev–Trinajstić information content (AvgIpc) is 2.68. The van der Waals surface area contributed by atoms with Crippen LogP contribution in [0.25, 0.3) is 0 Å². The zero-order valence-electron chi connectivity index (χ0n) is 9.51. The SMILES string of the molecule is CN(Cc1nccn1C)c1nc[nH]c(=O)c1Cl. The topological polar surface area (TPSA) is 66.8 Å². The summed E-state index contributed by atoms with van der Waals surface area (Å²) >= 11 is 5.89. The Balaban J connectivity index is 2.26. The van der Waals surface area contributed by atoms with E-state index >= 15 is 0 Å². The van der Waals surface area contributed by atoms with E-state index < -0.39 is 0 Å². The maximum absolute atomic E-state index is 11.3. The predicted molar refractivity (Wildman–Crippen MR) is 65.2 cm³/mol. The van der Waals surface area contributed by atoms with Crippen molar-refractivity contribution in [2.45, 2.75) is 6.54 Å². The van der Waals surface area contributed by atoms with Gasteiger partial charge in [0.25, 0.3) is 5.56 Å². The minimum atomic E-state index is -0.344. The highest BCUT2D eigenvalue weighted by Gasteiger charge is 2.12. The minimum Gasteiger partial charge on any atom is -0.351 e. The molecular weight excluding hydrogens is 242 g/mol. The molecule has 0 saturated carbocycles. The highest BCUT2D eigenvalue weighted by Crippen LogP contribution is 2.18. The average molecular weight is 254 g/mol. The molecule has 0 bridgehead atoms. The summed E-state index contributed by atoms with van der Waals surface area (Å²) in [6.45, 7) is 0.527. The first-order chi connectivity index (χ1) is 8.09. The van der Waals surface area contributed by atoms with Crippen molar-refractivity contribution >= 4 is 17.4 Å². The van der Waals surface area contributed by atoms with Crippen LogP contribution < -0.4 is 10.5 Å². The number of rotatable bonds is 3. The highest BCUT2D eigenvalue weighted by molar-refractivity contribution is 6.32. The number of imidazole rings is 1. The molecule has 0 atom stereocenters. The summed E-state index contributed by atoms with van der Waals surface area (Å²) in [6.07, 6.45) is 4.91. The van der Waals surface area contributed by atoms with Gasteiger partial charge in [-0.3, -0.25) is 4.79 Å². The Kier molecular flexibility index (Phi) is 3.14. The van der Waals surface area contributed by atoms with Gasteiger partial charge >= 0.3 is 0 Å². The number of aryl methyl sites for hydroxylation is 1. The second-order valence-corrected chi connectivity index (χ2v) is 4.06. The molecule has 0 aromatic carbocycles. The molecule has 0 aliphatic rings. The Labute approximate surface area is 103 Å². The van der Waals surface area contributed by atoms with Crippen LogP contribution in [0.1, 0.15) is 5.82 Å². The molecule has 0 unspecified atom stereocenters. The third-order valence-electron chi connectivity index (χ3n) is 2.44. The lowest BCUT2D eigenvalue weighted by Gasteiger charge is -2.18. The molecule has 0 spiro atoms. The van der Waals surface area contributed by atoms with E-state index in [4.69, 9.17) is 11.6 Å². The number of aromatic nitrogens is 4. The van der Waals surface area contributed by atoms with Gasteiger partial charge in [-0.1, -0.05) is 11.6 Å². The van der Waals surface area contributed by atoms with Gasteiger partial charge in [0.15, 0.2) is 5.82 Å². The van der Waals surface area contributed by atoms with E-state index in [9.17, 15) is 4.79 Å². The second kappa shape index (κ2) is 4.58. The standard InChI is InChI=1S/C10H12ClN5O/c1-15-4-3-12-7(15)5-16(2)9-8(11)10(17)14-6-13-9/h3-4,6H,5H2,1-2H3,(H,13,14,17). The number of halogens is 1. The zero-order valence-corrected chi connectivity index (χ0v) is 10.3. The van der Waals surface area contributed by atoms with E-state index in [1.807, 2.05) is 24.9 Å². The minimum absolute atomic E-state index is 0.0872. The summed E-state index contributed by atoms with van der Waals surface area (Å²) in [4.78, 5) is 23.8. The molecule has 2 aromatic rings. The monoisotopic (exact) mass is 253 g/mol. The maximum atomic E-state index is 11.3. The lowest BCUT2D eigenvalue weighted by atomic mass is 10.4. The summed E-state index contributed by atoms with van der Waals surface area (Å²) in [5.41, 5.74) is -0.344. The number of aromatic amines is 1. The van der Waals surface area contributed by atoms with E-state index in [0.29, 0.717) is 12.4 Å². The van der Waals surface area contributed by atoms with Crippen LogP contribution in [0.5, 0.6) is 0 Å². The number of anilines is 1. The molecule has 6 nitrogen and oxygen atoms in total. The Morgan fingerprint density at radius 1 is 1.53 bits per heavy atom. The van der Waals surface area contributed by atoms with Crippen LogP contribution in [0, 0.1) is 0 Å². The fraction of sp³-hybridized carbons (Fsp3) is 0.300. The summed E-state index contributed by atoms with van der Waals surface area (Å²) < 4.78 is 1.90. The first-order valence-corrected chi connectivity index (χ1v) is 5.38. The van der Waals surface area contributed by atoms with Crippen molar-refractivity contribution < 1.29 is 0 Å². The van der Waals surface area contributed by atoms with Gasteiger partial charge in [-0.25, -0.2) is 9.97 Å². The van der Waals surface area contributed by atoms with E-state index in [-0.39, 0.29) is 10.6 Å². The van der Waals surface area contributed by atoms with E-state index in [0.717, 1.165) is 5.82 Å². The smallest absolute Gasteiger partial charge is 0.271 e. The Bertz CT molecular complexity index is 576. The predicted octanol–water partition coefficient (Wildman–Crippen LogP) is 0.793. The molecule has 0 aliphatic heterocycles. The lowest BCUT2D eigenvalue weighted by Crippen LogP contribution is -2.23. The quantitative estimate of drug-likeness (QED) is 0.878. The lowest BCUT2D eigenvalue weighted by molar-refractivity contribution is 0.754. The maximum Gasteiger partial charge on any atom is 0.271 e. The molecule has 2 heterocycles. The van der Waals surface area contributed by atoms with Gasteiger partial charge in [0.05, 0.1) is 12.9 Å². The Morgan fingerprint density at radius 3 is 2.94 bits per heavy atom. The van der Waals surface area contributed by atoms with Gasteiger partial charge in [-0.15, -0.1) is 0 Å². The highest BCUT2D eigenvalue weighted by atomic mass is 35.5. The van der Waals surface area contributed by atoms with Gasteiger partial charge in [-0.05, 0) is 0 Å². The van der Waals surface area contributed by atoms with E-state index in [2.05, 4.69) is 15.0 Å². The van der Waals surface area contributed by atoms with Crippen molar-refractivity contribution in [3.05, 3.63) is 39.9 Å². The molecule has 0 radical (unpaired) electrons. The van der Waals surface area contributed by atoms with Gasteiger partial charge in [0.1, 0.15) is 10.8 Å². The molecule has 17 heavy (non-hydrogen) atoms. The van der Waals surface area contributed by atoms with Crippen LogP contribution in [0.2, 0.25) is 5.02 Å². The van der Waals surface area contributed by atoms with Gasteiger partial charge < -0.3 is 14.5 Å². The molecule has 90 valence electrons. The summed E-state index contributed by atoms with van der Waals surface area (Å²) in [5, 5.41) is 0.0872.